The number of rotatable bonds is 21. The zero-order valence-corrected chi connectivity index (χ0v) is 25.0. The molecular formula is C28H52N2O8. The zero-order chi connectivity index (χ0) is 29.8. The number of hydrogen-bond acceptors (Lipinski definition) is 7. The van der Waals surface area contributed by atoms with Crippen molar-refractivity contribution < 1.29 is 38.9 Å². The molecule has 0 aromatic carbocycles. The predicted octanol–water partition coefficient (Wildman–Crippen LogP) is 3.80. The molecule has 0 rings (SSSR count). The van der Waals surface area contributed by atoms with Gasteiger partial charge in [-0.2, -0.15) is 0 Å². The molecule has 0 aliphatic heterocycles. The summed E-state index contributed by atoms with van der Waals surface area (Å²) in [6.45, 7) is 17.9. The van der Waals surface area contributed by atoms with Gasteiger partial charge in [0, 0.05) is 25.9 Å². The lowest BCUT2D eigenvalue weighted by Gasteiger charge is -2.33. The van der Waals surface area contributed by atoms with Crippen molar-refractivity contribution in [3.63, 3.8) is 0 Å². The Labute approximate surface area is 228 Å². The number of amides is 1. The summed E-state index contributed by atoms with van der Waals surface area (Å²) in [4.78, 5) is 46.5. The van der Waals surface area contributed by atoms with Crippen LogP contribution in [0.3, 0.4) is 0 Å². The lowest BCUT2D eigenvalue weighted by atomic mass is 9.75. The number of ketones is 1. The Kier molecular flexibility index (Phi) is 14.7. The van der Waals surface area contributed by atoms with E-state index < -0.39 is 34.4 Å². The molecule has 0 aromatic rings. The van der Waals surface area contributed by atoms with Gasteiger partial charge in [-0.05, 0) is 79.6 Å². The van der Waals surface area contributed by atoms with Crippen molar-refractivity contribution in [1.82, 2.24) is 10.6 Å². The smallest absolute Gasteiger partial charge is 0.320 e. The fraction of sp³-hybridized carbons (Fsp3) is 0.857. The Hall–Kier alpha value is -2.04. The van der Waals surface area contributed by atoms with E-state index in [-0.39, 0.29) is 30.1 Å². The van der Waals surface area contributed by atoms with Crippen molar-refractivity contribution in [2.45, 2.75) is 118 Å². The zero-order valence-electron chi connectivity index (χ0n) is 25.0. The standard InChI is InChI=1S/C28H52N2O8/c1-20(31)12-13-27(6,7)37-16-14-28(8,9)38-17-15-29-22(32)11-10-21(23(33)34)30-19-25(2,3)18-26(4,5)24(35)36/h21,30H,10-19H2,1-9H3,(H,29,32)(H,33,34)(H,35,36). The molecule has 10 heteroatoms. The van der Waals surface area contributed by atoms with Crippen molar-refractivity contribution in [2.24, 2.45) is 10.8 Å². The third-order valence-corrected chi connectivity index (χ3v) is 6.48. The topological polar surface area (TPSA) is 151 Å². The van der Waals surface area contributed by atoms with E-state index >= 15 is 0 Å². The number of carboxylic acid groups (broad SMARTS) is 2. The molecule has 0 aliphatic rings. The Morgan fingerprint density at radius 3 is 1.89 bits per heavy atom. The van der Waals surface area contributed by atoms with Crippen LogP contribution in [0.5, 0.6) is 0 Å². The summed E-state index contributed by atoms with van der Waals surface area (Å²) in [6, 6.07) is -0.914. The number of carboxylic acids is 2. The van der Waals surface area contributed by atoms with Crippen molar-refractivity contribution in [3.05, 3.63) is 0 Å². The highest BCUT2D eigenvalue weighted by atomic mass is 16.5. The molecule has 38 heavy (non-hydrogen) atoms. The predicted molar refractivity (Wildman–Crippen MR) is 146 cm³/mol. The molecule has 1 unspecified atom stereocenters. The third-order valence-electron chi connectivity index (χ3n) is 6.48. The van der Waals surface area contributed by atoms with Gasteiger partial charge in [0.2, 0.25) is 5.91 Å². The maximum absolute atomic E-state index is 12.3. The Bertz CT molecular complexity index is 790. The fourth-order valence-corrected chi connectivity index (χ4v) is 4.12. The molecule has 0 saturated carbocycles. The number of aliphatic carboxylic acids is 2. The highest BCUT2D eigenvalue weighted by Crippen LogP contribution is 2.33. The molecule has 0 bridgehead atoms. The van der Waals surface area contributed by atoms with Crippen LogP contribution < -0.4 is 10.6 Å². The molecule has 1 atom stereocenters. The van der Waals surface area contributed by atoms with Crippen LogP contribution in [-0.2, 0) is 28.7 Å². The monoisotopic (exact) mass is 544 g/mol. The average Bonchev–Trinajstić information content (AvgIpc) is 2.74. The number of carbonyl (C=O) groups excluding carboxylic acids is 2. The van der Waals surface area contributed by atoms with E-state index in [1.807, 2.05) is 41.5 Å². The van der Waals surface area contributed by atoms with Gasteiger partial charge in [0.05, 0.1) is 29.8 Å². The van der Waals surface area contributed by atoms with Crippen LogP contribution in [0.1, 0.15) is 101 Å². The summed E-state index contributed by atoms with van der Waals surface area (Å²) >= 11 is 0. The van der Waals surface area contributed by atoms with Gasteiger partial charge in [0.1, 0.15) is 11.8 Å². The number of ether oxygens (including phenoxy) is 2. The van der Waals surface area contributed by atoms with Crippen molar-refractivity contribution in [1.29, 1.82) is 0 Å². The first-order chi connectivity index (χ1) is 17.2. The van der Waals surface area contributed by atoms with Gasteiger partial charge in [0.25, 0.3) is 0 Å². The average molecular weight is 545 g/mol. The number of carbonyl (C=O) groups is 4. The fourth-order valence-electron chi connectivity index (χ4n) is 4.12. The molecule has 4 N–H and O–H groups in total. The largest absolute Gasteiger partial charge is 0.481 e. The normalized spacial score (nSPS) is 13.7. The van der Waals surface area contributed by atoms with Crippen LogP contribution in [0.2, 0.25) is 0 Å². The molecule has 0 saturated heterocycles. The molecule has 1 amide bonds. The second-order valence-electron chi connectivity index (χ2n) is 12.9. The van der Waals surface area contributed by atoms with Crippen LogP contribution in [0.15, 0.2) is 0 Å². The molecule has 0 fully saturated rings. The van der Waals surface area contributed by atoms with Crippen LogP contribution in [0.25, 0.3) is 0 Å². The maximum atomic E-state index is 12.3. The molecular weight excluding hydrogens is 492 g/mol. The first kappa shape index (κ1) is 36.0. The van der Waals surface area contributed by atoms with Gasteiger partial charge in [-0.15, -0.1) is 0 Å². The number of hydrogen-bond donors (Lipinski definition) is 4. The molecule has 0 aromatic heterocycles. The lowest BCUT2D eigenvalue weighted by Crippen LogP contribution is -2.44. The minimum Gasteiger partial charge on any atom is -0.481 e. The summed E-state index contributed by atoms with van der Waals surface area (Å²) in [5, 5.41) is 24.7. The van der Waals surface area contributed by atoms with E-state index in [1.54, 1.807) is 20.8 Å². The van der Waals surface area contributed by atoms with E-state index in [9.17, 15) is 29.4 Å². The van der Waals surface area contributed by atoms with E-state index in [0.29, 0.717) is 52.0 Å². The Morgan fingerprint density at radius 2 is 1.37 bits per heavy atom. The van der Waals surface area contributed by atoms with Crippen LogP contribution in [0, 0.1) is 10.8 Å². The molecule has 0 aliphatic carbocycles. The van der Waals surface area contributed by atoms with Crippen LogP contribution >= 0.6 is 0 Å². The van der Waals surface area contributed by atoms with Crippen LogP contribution in [0.4, 0.5) is 0 Å². The van der Waals surface area contributed by atoms with Crippen LogP contribution in [-0.4, -0.2) is 77.4 Å². The van der Waals surface area contributed by atoms with Crippen molar-refractivity contribution in [3.8, 4) is 0 Å². The molecule has 222 valence electrons. The number of Topliss-reactive ketones (excluding diaryl/α,β-unsaturated/α-hetero) is 1. The highest BCUT2D eigenvalue weighted by molar-refractivity contribution is 5.78. The first-order valence-corrected chi connectivity index (χ1v) is 13.4. The minimum atomic E-state index is -1.05. The van der Waals surface area contributed by atoms with Gasteiger partial charge < -0.3 is 35.1 Å². The summed E-state index contributed by atoms with van der Waals surface area (Å²) in [7, 11) is 0. The van der Waals surface area contributed by atoms with Gasteiger partial charge in [-0.3, -0.25) is 14.4 Å². The summed E-state index contributed by atoms with van der Waals surface area (Å²) < 4.78 is 11.8. The molecule has 0 heterocycles. The number of nitrogens with one attached hydrogen (secondary N) is 2. The summed E-state index contributed by atoms with van der Waals surface area (Å²) in [5.41, 5.74) is -2.22. The Morgan fingerprint density at radius 1 is 0.816 bits per heavy atom. The van der Waals surface area contributed by atoms with E-state index in [4.69, 9.17) is 9.47 Å². The van der Waals surface area contributed by atoms with E-state index in [2.05, 4.69) is 10.6 Å². The molecule has 0 spiro atoms. The van der Waals surface area contributed by atoms with E-state index in [0.717, 1.165) is 0 Å². The maximum Gasteiger partial charge on any atom is 0.320 e. The van der Waals surface area contributed by atoms with Gasteiger partial charge in [-0.25, -0.2) is 0 Å². The summed E-state index contributed by atoms with van der Waals surface area (Å²) in [5.74, 6) is -2.07. The second kappa shape index (κ2) is 15.5. The molecule has 0 radical (unpaired) electrons. The van der Waals surface area contributed by atoms with Gasteiger partial charge in [-0.1, -0.05) is 13.8 Å². The molecule has 10 nitrogen and oxygen atoms in total. The van der Waals surface area contributed by atoms with E-state index in [1.165, 1.54) is 0 Å². The lowest BCUT2D eigenvalue weighted by molar-refractivity contribution is -0.149. The SMILES string of the molecule is CC(=O)CCC(C)(C)OCCC(C)(C)OCCNC(=O)CCC(NCC(C)(C)CC(C)(C)C(=O)O)C(=O)O. The summed E-state index contributed by atoms with van der Waals surface area (Å²) in [6.07, 6.45) is 2.32. The van der Waals surface area contributed by atoms with Crippen molar-refractivity contribution in [2.75, 3.05) is 26.3 Å². The first-order valence-electron chi connectivity index (χ1n) is 13.4. The second-order valence-corrected chi connectivity index (χ2v) is 12.9. The van der Waals surface area contributed by atoms with Gasteiger partial charge >= 0.3 is 11.9 Å². The Balaban J connectivity index is 4.39. The van der Waals surface area contributed by atoms with Gasteiger partial charge in [0.15, 0.2) is 0 Å². The van der Waals surface area contributed by atoms with Crippen molar-refractivity contribution >= 4 is 23.6 Å². The third kappa shape index (κ3) is 16.7. The quantitative estimate of drug-likeness (QED) is 0.158. The highest BCUT2D eigenvalue weighted by Gasteiger charge is 2.35. The minimum absolute atomic E-state index is 0.0393.